The van der Waals surface area contributed by atoms with Crippen LogP contribution in [0.15, 0.2) is 47.4 Å². The van der Waals surface area contributed by atoms with E-state index in [1.54, 1.807) is 24.3 Å². The summed E-state index contributed by atoms with van der Waals surface area (Å²) in [7, 11) is 0. The number of halogens is 1. The summed E-state index contributed by atoms with van der Waals surface area (Å²) < 4.78 is 13.7. The molecule has 0 saturated carbocycles. The van der Waals surface area contributed by atoms with Crippen molar-refractivity contribution in [3.8, 4) is 6.07 Å². The molecule has 2 aromatic rings. The molecule has 2 rings (SSSR count). The molecule has 0 heterocycles. The zero-order chi connectivity index (χ0) is 14.5. The Morgan fingerprint density at radius 3 is 2.50 bits per heavy atom. The van der Waals surface area contributed by atoms with Gasteiger partial charge in [-0.25, -0.2) is 4.39 Å². The normalized spacial score (nSPS) is 10.1. The first-order chi connectivity index (χ1) is 9.60. The minimum atomic E-state index is -0.364. The Labute approximate surface area is 121 Å². The number of rotatable bonds is 4. The number of nitriles is 1. The largest absolute Gasteiger partial charge is 0.295 e. The Morgan fingerprint density at radius 1 is 1.25 bits per heavy atom. The van der Waals surface area contributed by atoms with Gasteiger partial charge in [0.15, 0.2) is 5.78 Å². The van der Waals surface area contributed by atoms with E-state index in [1.165, 1.54) is 24.8 Å². The molecule has 4 heteroatoms. The fourth-order valence-corrected chi connectivity index (χ4v) is 2.57. The highest BCUT2D eigenvalue weighted by atomic mass is 32.2. The predicted molar refractivity (Wildman–Crippen MR) is 77.1 cm³/mol. The van der Waals surface area contributed by atoms with E-state index in [1.807, 2.05) is 18.2 Å². The number of hydrogen-bond acceptors (Lipinski definition) is 3. The van der Waals surface area contributed by atoms with Gasteiger partial charge >= 0.3 is 0 Å². The average Bonchev–Trinajstić information content (AvgIpc) is 2.46. The molecule has 0 aliphatic rings. The topological polar surface area (TPSA) is 40.9 Å². The molecule has 100 valence electrons. The monoisotopic (exact) mass is 285 g/mol. The van der Waals surface area contributed by atoms with Gasteiger partial charge in [0.1, 0.15) is 5.82 Å². The third kappa shape index (κ3) is 3.46. The van der Waals surface area contributed by atoms with Crippen molar-refractivity contribution in [1.29, 1.82) is 5.26 Å². The summed E-state index contributed by atoms with van der Waals surface area (Å²) in [5.74, 6) is 0.147. The SMILES string of the molecule is CC(=O)c1ccc(SCc2ccc(C#N)cc2F)cc1. The lowest BCUT2D eigenvalue weighted by Gasteiger charge is -2.04. The summed E-state index contributed by atoms with van der Waals surface area (Å²) in [5, 5.41) is 8.68. The van der Waals surface area contributed by atoms with Crippen LogP contribution < -0.4 is 0 Å². The number of hydrogen-bond donors (Lipinski definition) is 0. The lowest BCUT2D eigenvalue weighted by atomic mass is 10.1. The van der Waals surface area contributed by atoms with Gasteiger partial charge in [-0.2, -0.15) is 5.26 Å². The van der Waals surface area contributed by atoms with Crippen LogP contribution in [0.2, 0.25) is 0 Å². The van der Waals surface area contributed by atoms with E-state index < -0.39 is 0 Å². The summed E-state index contributed by atoms with van der Waals surface area (Å²) in [6.07, 6.45) is 0. The molecule has 0 aliphatic carbocycles. The number of Topliss-reactive ketones (excluding diaryl/α,β-unsaturated/α-hetero) is 1. The van der Waals surface area contributed by atoms with Gasteiger partial charge in [0.05, 0.1) is 11.6 Å². The maximum Gasteiger partial charge on any atom is 0.159 e. The molecule has 0 aromatic heterocycles. The highest BCUT2D eigenvalue weighted by molar-refractivity contribution is 7.98. The Kier molecular flexibility index (Phi) is 4.54. The maximum absolute atomic E-state index is 13.7. The van der Waals surface area contributed by atoms with Crippen LogP contribution in [0.4, 0.5) is 4.39 Å². The second kappa shape index (κ2) is 6.36. The number of benzene rings is 2. The van der Waals surface area contributed by atoms with Crippen molar-refractivity contribution in [3.05, 3.63) is 65.0 Å². The molecule has 0 bridgehead atoms. The zero-order valence-corrected chi connectivity index (χ0v) is 11.7. The van der Waals surface area contributed by atoms with Crippen molar-refractivity contribution in [3.63, 3.8) is 0 Å². The smallest absolute Gasteiger partial charge is 0.159 e. The van der Waals surface area contributed by atoms with E-state index in [4.69, 9.17) is 5.26 Å². The van der Waals surface area contributed by atoms with E-state index in [0.717, 1.165) is 4.90 Å². The molecule has 0 fully saturated rings. The molecule has 0 saturated heterocycles. The molecular weight excluding hydrogens is 273 g/mol. The van der Waals surface area contributed by atoms with Crippen molar-refractivity contribution < 1.29 is 9.18 Å². The van der Waals surface area contributed by atoms with Crippen LogP contribution in [-0.4, -0.2) is 5.78 Å². The van der Waals surface area contributed by atoms with Crippen molar-refractivity contribution in [2.24, 2.45) is 0 Å². The molecule has 20 heavy (non-hydrogen) atoms. The highest BCUT2D eigenvalue weighted by Crippen LogP contribution is 2.24. The minimum Gasteiger partial charge on any atom is -0.295 e. The van der Waals surface area contributed by atoms with E-state index in [-0.39, 0.29) is 11.6 Å². The number of carbonyl (C=O) groups excluding carboxylic acids is 1. The van der Waals surface area contributed by atoms with Gasteiger partial charge in [-0.1, -0.05) is 18.2 Å². The molecule has 0 radical (unpaired) electrons. The van der Waals surface area contributed by atoms with Crippen LogP contribution in [0.3, 0.4) is 0 Å². The van der Waals surface area contributed by atoms with Gasteiger partial charge in [0.2, 0.25) is 0 Å². The first-order valence-corrected chi connectivity index (χ1v) is 7.01. The Hall–Kier alpha value is -2.12. The first kappa shape index (κ1) is 14.3. The van der Waals surface area contributed by atoms with Crippen LogP contribution in [-0.2, 0) is 5.75 Å². The van der Waals surface area contributed by atoms with E-state index in [9.17, 15) is 9.18 Å². The van der Waals surface area contributed by atoms with E-state index >= 15 is 0 Å². The fourth-order valence-electron chi connectivity index (χ4n) is 1.68. The minimum absolute atomic E-state index is 0.0275. The Morgan fingerprint density at radius 2 is 1.95 bits per heavy atom. The molecular formula is C16H12FNOS. The lowest BCUT2D eigenvalue weighted by molar-refractivity contribution is 0.101. The average molecular weight is 285 g/mol. The quantitative estimate of drug-likeness (QED) is 0.624. The molecule has 0 unspecified atom stereocenters. The number of nitrogens with zero attached hydrogens (tertiary/aromatic N) is 1. The molecule has 2 aromatic carbocycles. The summed E-state index contributed by atoms with van der Waals surface area (Å²) in [4.78, 5) is 12.1. The van der Waals surface area contributed by atoms with Crippen molar-refractivity contribution in [2.75, 3.05) is 0 Å². The van der Waals surface area contributed by atoms with Crippen LogP contribution in [0.25, 0.3) is 0 Å². The van der Waals surface area contributed by atoms with Gasteiger partial charge in [-0.3, -0.25) is 4.79 Å². The standard InChI is InChI=1S/C16H12FNOS/c1-11(19)13-4-6-15(7-5-13)20-10-14-3-2-12(9-18)8-16(14)17/h2-8H,10H2,1H3. The molecule has 0 aliphatic heterocycles. The van der Waals surface area contributed by atoms with Gasteiger partial charge in [0, 0.05) is 16.2 Å². The Balaban J connectivity index is 2.05. The molecule has 0 spiro atoms. The third-order valence-electron chi connectivity index (χ3n) is 2.84. The summed E-state index contributed by atoms with van der Waals surface area (Å²) in [5.41, 5.74) is 1.55. The van der Waals surface area contributed by atoms with Crippen molar-refractivity contribution in [1.82, 2.24) is 0 Å². The summed E-state index contributed by atoms with van der Waals surface area (Å²) >= 11 is 1.49. The second-order valence-corrected chi connectivity index (χ2v) is 5.34. The number of carbonyl (C=O) groups is 1. The van der Waals surface area contributed by atoms with Crippen LogP contribution in [0, 0.1) is 17.1 Å². The lowest BCUT2D eigenvalue weighted by Crippen LogP contribution is -1.91. The van der Waals surface area contributed by atoms with Crippen molar-refractivity contribution in [2.45, 2.75) is 17.6 Å². The number of thioether (sulfide) groups is 1. The van der Waals surface area contributed by atoms with Crippen LogP contribution >= 0.6 is 11.8 Å². The zero-order valence-electron chi connectivity index (χ0n) is 10.9. The highest BCUT2D eigenvalue weighted by Gasteiger charge is 2.05. The number of ketones is 1. The van der Waals surface area contributed by atoms with Gasteiger partial charge in [0.25, 0.3) is 0 Å². The summed E-state index contributed by atoms with van der Waals surface area (Å²) in [6, 6.07) is 13.6. The first-order valence-electron chi connectivity index (χ1n) is 6.02. The fraction of sp³-hybridized carbons (Fsp3) is 0.125. The predicted octanol–water partition coefficient (Wildman–Crippen LogP) is 4.19. The van der Waals surface area contributed by atoms with Gasteiger partial charge < -0.3 is 0 Å². The molecule has 0 atom stereocenters. The van der Waals surface area contributed by atoms with Gasteiger partial charge in [-0.05, 0) is 36.8 Å². The molecule has 2 nitrogen and oxygen atoms in total. The van der Waals surface area contributed by atoms with Crippen LogP contribution in [0.1, 0.15) is 28.4 Å². The second-order valence-electron chi connectivity index (χ2n) is 4.29. The van der Waals surface area contributed by atoms with Gasteiger partial charge in [-0.15, -0.1) is 11.8 Å². The van der Waals surface area contributed by atoms with Crippen LogP contribution in [0.5, 0.6) is 0 Å². The van der Waals surface area contributed by atoms with E-state index in [0.29, 0.717) is 22.4 Å². The Bertz CT molecular complexity index is 674. The molecule has 0 amide bonds. The van der Waals surface area contributed by atoms with Crippen molar-refractivity contribution >= 4 is 17.5 Å². The van der Waals surface area contributed by atoms with E-state index in [2.05, 4.69) is 0 Å². The summed E-state index contributed by atoms with van der Waals surface area (Å²) in [6.45, 7) is 1.52. The third-order valence-corrected chi connectivity index (χ3v) is 3.90. The molecule has 0 N–H and O–H groups in total. The maximum atomic E-state index is 13.7.